The highest BCUT2D eigenvalue weighted by Gasteiger charge is 2.39. The molecule has 5 heteroatoms. The minimum atomic E-state index is -0.667. The molecule has 0 spiro atoms. The van der Waals surface area contributed by atoms with Gasteiger partial charge in [-0.1, -0.05) is 0 Å². The normalized spacial score (nSPS) is 17.8. The van der Waals surface area contributed by atoms with Crippen LogP contribution in [0.25, 0.3) is 0 Å². The van der Waals surface area contributed by atoms with Crippen LogP contribution in [0, 0.1) is 0 Å². The first-order valence-corrected chi connectivity index (χ1v) is 7.13. The van der Waals surface area contributed by atoms with Crippen LogP contribution in [0.3, 0.4) is 0 Å². The number of benzene rings is 1. The predicted molar refractivity (Wildman–Crippen MR) is 79.3 cm³/mol. The lowest BCUT2D eigenvalue weighted by Gasteiger charge is -2.42. The van der Waals surface area contributed by atoms with Crippen molar-refractivity contribution in [2.75, 3.05) is 28.4 Å². The van der Waals surface area contributed by atoms with Crippen molar-refractivity contribution >= 4 is 0 Å². The smallest absolute Gasteiger partial charge is 0.203 e. The van der Waals surface area contributed by atoms with E-state index in [0.717, 1.165) is 19.3 Å². The summed E-state index contributed by atoms with van der Waals surface area (Å²) < 4.78 is 21.6. The molecule has 1 aromatic rings. The number of hydrogen-bond donors (Lipinski definition) is 1. The number of methoxy groups -OCH3 is 4. The van der Waals surface area contributed by atoms with Crippen LogP contribution in [-0.4, -0.2) is 39.1 Å². The van der Waals surface area contributed by atoms with E-state index in [1.807, 2.05) is 6.07 Å². The summed E-state index contributed by atoms with van der Waals surface area (Å²) in [5.41, 5.74) is 0.482. The van der Waals surface area contributed by atoms with Crippen molar-refractivity contribution in [1.82, 2.24) is 0 Å². The van der Waals surface area contributed by atoms with Gasteiger partial charge < -0.3 is 24.1 Å². The summed E-state index contributed by atoms with van der Waals surface area (Å²) in [7, 11) is 6.39. The average Bonchev–Trinajstić information content (AvgIpc) is 2.48. The number of ether oxygens (including phenoxy) is 4. The molecule has 1 fully saturated rings. The van der Waals surface area contributed by atoms with Gasteiger partial charge in [0.25, 0.3) is 0 Å². The molecule has 0 amide bonds. The molecule has 1 saturated carbocycles. The Morgan fingerprint density at radius 2 is 1.71 bits per heavy atom. The van der Waals surface area contributed by atoms with Gasteiger partial charge in [-0.2, -0.15) is 0 Å². The molecule has 1 aliphatic rings. The van der Waals surface area contributed by atoms with Gasteiger partial charge in [-0.25, -0.2) is 0 Å². The van der Waals surface area contributed by atoms with E-state index in [9.17, 15) is 5.11 Å². The Bertz CT molecular complexity index is 476. The molecule has 0 heterocycles. The van der Waals surface area contributed by atoms with E-state index in [-0.39, 0.29) is 5.60 Å². The largest absolute Gasteiger partial charge is 0.493 e. The molecule has 5 nitrogen and oxygen atoms in total. The Balaban J connectivity index is 2.30. The van der Waals surface area contributed by atoms with E-state index in [0.29, 0.717) is 29.2 Å². The summed E-state index contributed by atoms with van der Waals surface area (Å²) >= 11 is 0. The van der Waals surface area contributed by atoms with Crippen LogP contribution in [-0.2, 0) is 4.74 Å². The molecule has 21 heavy (non-hydrogen) atoms. The number of aliphatic hydroxyl groups excluding tert-OH is 1. The van der Waals surface area contributed by atoms with E-state index in [1.54, 1.807) is 34.5 Å². The Morgan fingerprint density at radius 1 is 1.05 bits per heavy atom. The number of hydrogen-bond acceptors (Lipinski definition) is 5. The summed E-state index contributed by atoms with van der Waals surface area (Å²) in [5, 5.41) is 10.6. The first-order valence-electron chi connectivity index (χ1n) is 7.13. The summed E-state index contributed by atoms with van der Waals surface area (Å²) in [4.78, 5) is 0. The zero-order valence-corrected chi connectivity index (χ0v) is 13.1. The highest BCUT2D eigenvalue weighted by atomic mass is 16.5. The van der Waals surface area contributed by atoms with Crippen molar-refractivity contribution in [1.29, 1.82) is 0 Å². The highest BCUT2D eigenvalue weighted by molar-refractivity contribution is 5.56. The Morgan fingerprint density at radius 3 is 2.14 bits per heavy atom. The van der Waals surface area contributed by atoms with Crippen molar-refractivity contribution in [3.63, 3.8) is 0 Å². The predicted octanol–water partition coefficient (Wildman–Crippen LogP) is 2.71. The average molecular weight is 296 g/mol. The van der Waals surface area contributed by atoms with Crippen LogP contribution >= 0.6 is 0 Å². The molecule has 1 N–H and O–H groups in total. The molecule has 0 saturated heterocycles. The molecule has 1 aromatic carbocycles. The van der Waals surface area contributed by atoms with Gasteiger partial charge in [0, 0.05) is 19.1 Å². The monoisotopic (exact) mass is 296 g/mol. The lowest BCUT2D eigenvalue weighted by atomic mass is 9.75. The maximum atomic E-state index is 10.6. The van der Waals surface area contributed by atoms with E-state index in [4.69, 9.17) is 18.9 Å². The molecule has 118 valence electrons. The SMILES string of the molecule is COc1ccc(C(O)CC2(OC)CCC2)c(OC)c1OC. The van der Waals surface area contributed by atoms with Gasteiger partial charge in [-0.05, 0) is 31.4 Å². The zero-order valence-electron chi connectivity index (χ0n) is 13.1. The molecule has 2 rings (SSSR count). The van der Waals surface area contributed by atoms with Crippen LogP contribution < -0.4 is 14.2 Å². The van der Waals surface area contributed by atoms with E-state index < -0.39 is 6.10 Å². The van der Waals surface area contributed by atoms with Crippen molar-refractivity contribution in [2.24, 2.45) is 0 Å². The third-order valence-corrected chi connectivity index (χ3v) is 4.36. The quantitative estimate of drug-likeness (QED) is 0.838. The maximum absolute atomic E-state index is 10.6. The van der Waals surface area contributed by atoms with E-state index in [2.05, 4.69) is 0 Å². The third-order valence-electron chi connectivity index (χ3n) is 4.36. The second-order valence-corrected chi connectivity index (χ2v) is 5.38. The molecule has 0 aliphatic heterocycles. The second-order valence-electron chi connectivity index (χ2n) is 5.38. The zero-order chi connectivity index (χ0) is 15.5. The Kier molecular flexibility index (Phi) is 4.96. The fourth-order valence-electron chi connectivity index (χ4n) is 2.91. The van der Waals surface area contributed by atoms with Crippen LogP contribution in [0.4, 0.5) is 0 Å². The third kappa shape index (κ3) is 2.94. The lowest BCUT2D eigenvalue weighted by Crippen LogP contribution is -2.40. The topological polar surface area (TPSA) is 57.2 Å². The van der Waals surface area contributed by atoms with E-state index >= 15 is 0 Å². The molecule has 0 aromatic heterocycles. The molecule has 1 unspecified atom stereocenters. The van der Waals surface area contributed by atoms with Gasteiger partial charge >= 0.3 is 0 Å². The summed E-state index contributed by atoms with van der Waals surface area (Å²) in [6, 6.07) is 3.59. The number of aliphatic hydroxyl groups is 1. The van der Waals surface area contributed by atoms with Crippen LogP contribution in [0.5, 0.6) is 17.2 Å². The van der Waals surface area contributed by atoms with Gasteiger partial charge in [0.05, 0.1) is 33.0 Å². The first-order chi connectivity index (χ1) is 10.1. The van der Waals surface area contributed by atoms with Crippen LogP contribution in [0.15, 0.2) is 12.1 Å². The summed E-state index contributed by atoms with van der Waals surface area (Å²) in [6.07, 6.45) is 2.99. The molecule has 1 atom stereocenters. The van der Waals surface area contributed by atoms with Gasteiger partial charge in [-0.3, -0.25) is 0 Å². The lowest BCUT2D eigenvalue weighted by molar-refractivity contribution is -0.100. The minimum absolute atomic E-state index is 0.211. The van der Waals surface area contributed by atoms with Crippen LogP contribution in [0.2, 0.25) is 0 Å². The maximum Gasteiger partial charge on any atom is 0.203 e. The highest BCUT2D eigenvalue weighted by Crippen LogP contribution is 2.46. The van der Waals surface area contributed by atoms with Crippen LogP contribution in [0.1, 0.15) is 37.4 Å². The summed E-state index contributed by atoms with van der Waals surface area (Å²) in [6.45, 7) is 0. The van der Waals surface area contributed by atoms with Crippen molar-refractivity contribution < 1.29 is 24.1 Å². The molecule has 0 radical (unpaired) electrons. The molecular formula is C16H24O5. The standard InChI is InChI=1S/C16H24O5/c1-18-13-7-6-11(14(19-2)15(13)20-3)12(17)10-16(21-4)8-5-9-16/h6-7,12,17H,5,8-10H2,1-4H3. The molecular weight excluding hydrogens is 272 g/mol. The fourth-order valence-corrected chi connectivity index (χ4v) is 2.91. The Hall–Kier alpha value is -1.46. The van der Waals surface area contributed by atoms with E-state index in [1.165, 1.54) is 0 Å². The minimum Gasteiger partial charge on any atom is -0.493 e. The van der Waals surface area contributed by atoms with Crippen molar-refractivity contribution in [3.05, 3.63) is 17.7 Å². The van der Waals surface area contributed by atoms with Gasteiger partial charge in [0.2, 0.25) is 5.75 Å². The Labute approximate surface area is 125 Å². The van der Waals surface area contributed by atoms with Gasteiger partial charge in [-0.15, -0.1) is 0 Å². The van der Waals surface area contributed by atoms with Gasteiger partial charge in [0.1, 0.15) is 0 Å². The first kappa shape index (κ1) is 15.9. The molecule has 1 aliphatic carbocycles. The summed E-state index contributed by atoms with van der Waals surface area (Å²) in [5.74, 6) is 1.59. The van der Waals surface area contributed by atoms with Crippen molar-refractivity contribution in [2.45, 2.75) is 37.4 Å². The second kappa shape index (κ2) is 6.54. The number of rotatable bonds is 7. The molecule has 0 bridgehead atoms. The van der Waals surface area contributed by atoms with Crippen molar-refractivity contribution in [3.8, 4) is 17.2 Å². The van der Waals surface area contributed by atoms with Gasteiger partial charge in [0.15, 0.2) is 11.5 Å². The fraction of sp³-hybridized carbons (Fsp3) is 0.625.